The summed E-state index contributed by atoms with van der Waals surface area (Å²) in [6.07, 6.45) is 2.39. The van der Waals surface area contributed by atoms with Gasteiger partial charge in [-0.1, -0.05) is 84.9 Å². The number of carbonyl (C=O) groups excluding carboxylic acids is 1. The van der Waals surface area contributed by atoms with Crippen LogP contribution in [0.3, 0.4) is 0 Å². The fourth-order valence-electron chi connectivity index (χ4n) is 3.73. The predicted octanol–water partition coefficient (Wildman–Crippen LogP) is 4.52. The Labute approximate surface area is 197 Å². The van der Waals surface area contributed by atoms with E-state index in [2.05, 4.69) is 6.58 Å². The average Bonchev–Trinajstić information content (AvgIpc) is 2.84. The van der Waals surface area contributed by atoms with Crippen LogP contribution in [-0.4, -0.2) is 43.2 Å². The molecule has 0 unspecified atom stereocenters. The van der Waals surface area contributed by atoms with Crippen LogP contribution in [0.25, 0.3) is 0 Å². The number of hydrogen-bond donors (Lipinski definition) is 0. The van der Waals surface area contributed by atoms with Crippen molar-refractivity contribution in [1.82, 2.24) is 9.21 Å². The van der Waals surface area contributed by atoms with Crippen molar-refractivity contribution in [2.45, 2.75) is 30.3 Å². The molecule has 0 aromatic heterocycles. The minimum absolute atomic E-state index is 0.170. The summed E-state index contributed by atoms with van der Waals surface area (Å²) in [5, 5.41) is 0. The Morgan fingerprint density at radius 1 is 0.879 bits per heavy atom. The molecule has 0 fully saturated rings. The highest BCUT2D eigenvalue weighted by Gasteiger charge is 2.37. The van der Waals surface area contributed by atoms with Crippen molar-refractivity contribution in [2.24, 2.45) is 0 Å². The number of sulfonamides is 1. The lowest BCUT2D eigenvalue weighted by atomic mass is 10.0. The van der Waals surface area contributed by atoms with Gasteiger partial charge in [0.25, 0.3) is 0 Å². The highest BCUT2D eigenvalue weighted by atomic mass is 32.2. The molecule has 0 N–H and O–H groups in total. The Kier molecular flexibility index (Phi) is 8.58. The molecule has 3 aromatic carbocycles. The van der Waals surface area contributed by atoms with Crippen LogP contribution < -0.4 is 0 Å². The molecule has 0 saturated carbocycles. The second-order valence-electron chi connectivity index (χ2n) is 7.89. The van der Waals surface area contributed by atoms with Crippen molar-refractivity contribution in [3.05, 3.63) is 115 Å². The van der Waals surface area contributed by atoms with E-state index in [0.717, 1.165) is 11.1 Å². The average molecular weight is 463 g/mol. The first-order chi connectivity index (χ1) is 15.9. The summed E-state index contributed by atoms with van der Waals surface area (Å²) in [5.41, 5.74) is 1.88. The van der Waals surface area contributed by atoms with Gasteiger partial charge in [0.05, 0.1) is 4.90 Å². The Hall–Kier alpha value is -3.22. The number of amides is 1. The second-order valence-corrected chi connectivity index (χ2v) is 9.78. The van der Waals surface area contributed by atoms with E-state index >= 15 is 0 Å². The molecule has 0 aliphatic rings. The molecule has 1 amide bonds. The maximum atomic E-state index is 13.7. The van der Waals surface area contributed by atoms with Crippen LogP contribution in [0.1, 0.15) is 17.5 Å². The van der Waals surface area contributed by atoms with Crippen LogP contribution in [-0.2, 0) is 27.8 Å². The van der Waals surface area contributed by atoms with Gasteiger partial charge in [0, 0.05) is 20.1 Å². The minimum atomic E-state index is -3.91. The lowest BCUT2D eigenvalue weighted by molar-refractivity contribution is -0.134. The van der Waals surface area contributed by atoms with E-state index in [0.29, 0.717) is 13.0 Å². The summed E-state index contributed by atoms with van der Waals surface area (Å²) in [4.78, 5) is 15.5. The fourth-order valence-corrected chi connectivity index (χ4v) is 5.35. The lowest BCUT2D eigenvalue weighted by Crippen LogP contribution is -2.51. The smallest absolute Gasteiger partial charge is 0.243 e. The van der Waals surface area contributed by atoms with Gasteiger partial charge in [0.1, 0.15) is 6.04 Å². The van der Waals surface area contributed by atoms with E-state index in [1.165, 1.54) is 4.31 Å². The molecule has 3 rings (SSSR count). The summed E-state index contributed by atoms with van der Waals surface area (Å²) in [7, 11) is -2.19. The van der Waals surface area contributed by atoms with Gasteiger partial charge in [-0.15, -0.1) is 6.58 Å². The van der Waals surface area contributed by atoms with E-state index in [4.69, 9.17) is 0 Å². The molecule has 0 aliphatic heterocycles. The Morgan fingerprint density at radius 2 is 1.39 bits per heavy atom. The Balaban J connectivity index is 2.00. The molecule has 1 atom stereocenters. The molecule has 0 heterocycles. The van der Waals surface area contributed by atoms with Crippen molar-refractivity contribution in [3.63, 3.8) is 0 Å². The molecule has 0 aliphatic carbocycles. The van der Waals surface area contributed by atoms with Gasteiger partial charge in [-0.25, -0.2) is 8.42 Å². The maximum Gasteiger partial charge on any atom is 0.243 e. The van der Waals surface area contributed by atoms with Crippen LogP contribution in [0.4, 0.5) is 0 Å². The molecule has 0 bridgehead atoms. The third kappa shape index (κ3) is 6.40. The SMILES string of the molecule is C=CCCN([C@@H](Cc1ccccc1)C(=O)N(C)Cc1ccccc1)S(=O)(=O)c1ccccc1. The molecule has 6 heteroatoms. The number of carbonyl (C=O) groups is 1. The maximum absolute atomic E-state index is 13.7. The standard InChI is InChI=1S/C27H30N2O3S/c1-3-4-20-29(33(31,32)25-18-12-7-13-19-25)26(21-23-14-8-5-9-15-23)27(30)28(2)22-24-16-10-6-11-17-24/h3,5-19,26H,1,4,20-22H2,2H3/t26-/m0/s1. The Bertz CT molecular complexity index is 1130. The highest BCUT2D eigenvalue weighted by molar-refractivity contribution is 7.89. The van der Waals surface area contributed by atoms with E-state index in [-0.39, 0.29) is 23.8 Å². The molecule has 0 saturated heterocycles. The lowest BCUT2D eigenvalue weighted by Gasteiger charge is -2.33. The molecular formula is C27H30N2O3S. The molecule has 172 valence electrons. The largest absolute Gasteiger partial charge is 0.340 e. The summed E-state index contributed by atoms with van der Waals surface area (Å²) in [6.45, 7) is 4.31. The molecule has 3 aromatic rings. The van der Waals surface area contributed by atoms with E-state index in [1.54, 1.807) is 48.4 Å². The predicted molar refractivity (Wildman–Crippen MR) is 132 cm³/mol. The minimum Gasteiger partial charge on any atom is -0.340 e. The highest BCUT2D eigenvalue weighted by Crippen LogP contribution is 2.23. The Morgan fingerprint density at radius 3 is 1.94 bits per heavy atom. The number of nitrogens with zero attached hydrogens (tertiary/aromatic N) is 2. The summed E-state index contributed by atoms with van der Waals surface area (Å²) >= 11 is 0. The van der Waals surface area contributed by atoms with Crippen LogP contribution in [0.2, 0.25) is 0 Å². The van der Waals surface area contributed by atoms with E-state index in [1.807, 2.05) is 60.7 Å². The fraction of sp³-hybridized carbons (Fsp3) is 0.222. The van der Waals surface area contributed by atoms with Gasteiger partial charge in [0.2, 0.25) is 15.9 Å². The topological polar surface area (TPSA) is 57.7 Å². The van der Waals surface area contributed by atoms with Gasteiger partial charge < -0.3 is 4.90 Å². The zero-order chi connectivity index (χ0) is 23.7. The van der Waals surface area contributed by atoms with Crippen LogP contribution >= 0.6 is 0 Å². The van der Waals surface area contributed by atoms with Crippen molar-refractivity contribution in [3.8, 4) is 0 Å². The second kappa shape index (κ2) is 11.6. The first-order valence-electron chi connectivity index (χ1n) is 10.9. The van der Waals surface area contributed by atoms with Crippen LogP contribution in [0.15, 0.2) is 109 Å². The van der Waals surface area contributed by atoms with Gasteiger partial charge in [0.15, 0.2) is 0 Å². The van der Waals surface area contributed by atoms with E-state index < -0.39 is 16.1 Å². The van der Waals surface area contributed by atoms with Crippen molar-refractivity contribution < 1.29 is 13.2 Å². The quantitative estimate of drug-likeness (QED) is 0.394. The normalized spacial score (nSPS) is 12.3. The third-order valence-corrected chi connectivity index (χ3v) is 7.37. The summed E-state index contributed by atoms with van der Waals surface area (Å²) < 4.78 is 28.7. The van der Waals surface area contributed by atoms with Crippen LogP contribution in [0.5, 0.6) is 0 Å². The monoisotopic (exact) mass is 462 g/mol. The molecular weight excluding hydrogens is 432 g/mol. The third-order valence-electron chi connectivity index (χ3n) is 5.45. The molecule has 5 nitrogen and oxygen atoms in total. The summed E-state index contributed by atoms with van der Waals surface area (Å²) in [6, 6.07) is 26.6. The molecule has 0 radical (unpaired) electrons. The van der Waals surface area contributed by atoms with Gasteiger partial charge in [-0.3, -0.25) is 4.79 Å². The van der Waals surface area contributed by atoms with Crippen molar-refractivity contribution in [1.29, 1.82) is 0 Å². The number of likely N-dealkylation sites (N-methyl/N-ethyl adjacent to an activating group) is 1. The zero-order valence-corrected chi connectivity index (χ0v) is 19.7. The van der Waals surface area contributed by atoms with Gasteiger partial charge in [-0.2, -0.15) is 4.31 Å². The van der Waals surface area contributed by atoms with E-state index in [9.17, 15) is 13.2 Å². The number of benzene rings is 3. The number of rotatable bonds is 11. The van der Waals surface area contributed by atoms with Gasteiger partial charge >= 0.3 is 0 Å². The van der Waals surface area contributed by atoms with Crippen molar-refractivity contribution >= 4 is 15.9 Å². The van der Waals surface area contributed by atoms with Crippen LogP contribution in [0, 0.1) is 0 Å². The number of hydrogen-bond acceptors (Lipinski definition) is 3. The molecule has 33 heavy (non-hydrogen) atoms. The first kappa shape index (κ1) is 24.4. The summed E-state index contributed by atoms with van der Waals surface area (Å²) in [5.74, 6) is -0.244. The molecule has 0 spiro atoms. The van der Waals surface area contributed by atoms with Crippen molar-refractivity contribution in [2.75, 3.05) is 13.6 Å². The first-order valence-corrected chi connectivity index (χ1v) is 12.4. The zero-order valence-electron chi connectivity index (χ0n) is 18.9. The van der Waals surface area contributed by atoms with Gasteiger partial charge in [-0.05, 0) is 36.1 Å².